The SMILES string of the molecule is CC1CNc2ccc(O)cc2S1. The zero-order valence-corrected chi connectivity index (χ0v) is 7.69. The molecule has 0 saturated heterocycles. The number of anilines is 1. The van der Waals surface area contributed by atoms with Crippen LogP contribution in [0.2, 0.25) is 0 Å². The first-order valence-corrected chi connectivity index (χ1v) is 4.87. The van der Waals surface area contributed by atoms with E-state index >= 15 is 0 Å². The number of rotatable bonds is 0. The molecular weight excluding hydrogens is 170 g/mol. The second-order valence-electron chi connectivity index (χ2n) is 2.99. The Hall–Kier alpha value is -0.830. The summed E-state index contributed by atoms with van der Waals surface area (Å²) >= 11 is 1.80. The molecule has 1 aliphatic rings. The summed E-state index contributed by atoms with van der Waals surface area (Å²) < 4.78 is 0. The molecule has 1 aromatic carbocycles. The molecule has 1 aliphatic heterocycles. The quantitative estimate of drug-likeness (QED) is 0.602. The molecule has 3 heteroatoms. The van der Waals surface area contributed by atoms with Crippen molar-refractivity contribution in [1.29, 1.82) is 0 Å². The normalized spacial score (nSPS) is 21.2. The third kappa shape index (κ3) is 1.37. The fourth-order valence-electron chi connectivity index (χ4n) is 1.27. The maximum absolute atomic E-state index is 9.23. The molecule has 1 aromatic rings. The van der Waals surface area contributed by atoms with Crippen LogP contribution in [0.25, 0.3) is 0 Å². The van der Waals surface area contributed by atoms with Crippen molar-refractivity contribution in [1.82, 2.24) is 0 Å². The molecule has 1 heterocycles. The lowest BCUT2D eigenvalue weighted by Crippen LogP contribution is -2.17. The van der Waals surface area contributed by atoms with Gasteiger partial charge in [0.1, 0.15) is 5.75 Å². The van der Waals surface area contributed by atoms with Crippen LogP contribution in [-0.4, -0.2) is 16.9 Å². The van der Waals surface area contributed by atoms with Crippen LogP contribution in [0.4, 0.5) is 5.69 Å². The smallest absolute Gasteiger partial charge is 0.116 e. The van der Waals surface area contributed by atoms with Crippen molar-refractivity contribution >= 4 is 17.4 Å². The Morgan fingerprint density at radius 3 is 3.25 bits per heavy atom. The fourth-order valence-corrected chi connectivity index (χ4v) is 2.32. The van der Waals surface area contributed by atoms with Gasteiger partial charge in [-0.1, -0.05) is 6.92 Å². The van der Waals surface area contributed by atoms with Crippen LogP contribution in [0, 0.1) is 0 Å². The monoisotopic (exact) mass is 181 g/mol. The van der Waals surface area contributed by atoms with Gasteiger partial charge in [-0.25, -0.2) is 0 Å². The van der Waals surface area contributed by atoms with Crippen molar-refractivity contribution < 1.29 is 5.11 Å². The van der Waals surface area contributed by atoms with Gasteiger partial charge in [-0.05, 0) is 18.2 Å². The summed E-state index contributed by atoms with van der Waals surface area (Å²) in [5, 5.41) is 13.1. The maximum Gasteiger partial charge on any atom is 0.116 e. The predicted octanol–water partition coefficient (Wildman–Crippen LogP) is 2.30. The minimum atomic E-state index is 0.345. The summed E-state index contributed by atoms with van der Waals surface area (Å²) in [6.07, 6.45) is 0. The Balaban J connectivity index is 2.37. The van der Waals surface area contributed by atoms with Gasteiger partial charge in [0.25, 0.3) is 0 Å². The van der Waals surface area contributed by atoms with E-state index in [9.17, 15) is 5.11 Å². The zero-order chi connectivity index (χ0) is 8.55. The summed E-state index contributed by atoms with van der Waals surface area (Å²) in [6.45, 7) is 3.17. The Labute approximate surface area is 76.0 Å². The van der Waals surface area contributed by atoms with Gasteiger partial charge < -0.3 is 10.4 Å². The number of benzene rings is 1. The average molecular weight is 181 g/mol. The Morgan fingerprint density at radius 1 is 1.58 bits per heavy atom. The number of hydrogen-bond acceptors (Lipinski definition) is 3. The van der Waals surface area contributed by atoms with Crippen molar-refractivity contribution in [3.05, 3.63) is 18.2 Å². The lowest BCUT2D eigenvalue weighted by atomic mass is 10.3. The van der Waals surface area contributed by atoms with Gasteiger partial charge in [-0.3, -0.25) is 0 Å². The van der Waals surface area contributed by atoms with E-state index in [1.54, 1.807) is 17.8 Å². The predicted molar refractivity (Wildman–Crippen MR) is 51.9 cm³/mol. The lowest BCUT2D eigenvalue weighted by Gasteiger charge is -2.22. The molecule has 0 fully saturated rings. The second kappa shape index (κ2) is 2.90. The van der Waals surface area contributed by atoms with Gasteiger partial charge in [-0.15, -0.1) is 11.8 Å². The molecule has 1 atom stereocenters. The van der Waals surface area contributed by atoms with Crippen molar-refractivity contribution in [3.8, 4) is 5.75 Å². The third-order valence-electron chi connectivity index (χ3n) is 1.87. The number of thioether (sulfide) groups is 1. The highest BCUT2D eigenvalue weighted by molar-refractivity contribution is 8.00. The number of phenols is 1. The summed E-state index contributed by atoms with van der Waals surface area (Å²) in [5.41, 5.74) is 1.14. The molecule has 0 radical (unpaired) electrons. The van der Waals surface area contributed by atoms with E-state index < -0.39 is 0 Å². The molecule has 0 aromatic heterocycles. The van der Waals surface area contributed by atoms with Crippen LogP contribution in [-0.2, 0) is 0 Å². The highest BCUT2D eigenvalue weighted by Gasteiger charge is 2.14. The number of phenolic OH excluding ortho intramolecular Hbond substituents is 1. The molecule has 1 unspecified atom stereocenters. The zero-order valence-electron chi connectivity index (χ0n) is 6.87. The van der Waals surface area contributed by atoms with E-state index in [0.29, 0.717) is 11.0 Å². The molecule has 64 valence electrons. The minimum absolute atomic E-state index is 0.345. The van der Waals surface area contributed by atoms with Crippen LogP contribution in [0.5, 0.6) is 5.75 Å². The van der Waals surface area contributed by atoms with Gasteiger partial charge in [0.2, 0.25) is 0 Å². The fraction of sp³-hybridized carbons (Fsp3) is 0.333. The standard InChI is InChI=1S/C9H11NOS/c1-6-5-10-8-3-2-7(11)4-9(8)12-6/h2-4,6,10-11H,5H2,1H3. The van der Waals surface area contributed by atoms with E-state index in [2.05, 4.69) is 12.2 Å². The van der Waals surface area contributed by atoms with E-state index in [4.69, 9.17) is 0 Å². The Kier molecular flexibility index (Phi) is 1.89. The van der Waals surface area contributed by atoms with Gasteiger partial charge in [0.05, 0.1) is 0 Å². The Morgan fingerprint density at radius 2 is 2.42 bits per heavy atom. The van der Waals surface area contributed by atoms with Crippen LogP contribution in [0.1, 0.15) is 6.92 Å². The number of hydrogen-bond donors (Lipinski definition) is 2. The number of nitrogens with one attached hydrogen (secondary N) is 1. The summed E-state index contributed by atoms with van der Waals surface area (Å²) in [7, 11) is 0. The molecule has 2 N–H and O–H groups in total. The highest BCUT2D eigenvalue weighted by Crippen LogP contribution is 2.36. The summed E-state index contributed by atoms with van der Waals surface area (Å²) in [6, 6.07) is 5.44. The molecule has 2 nitrogen and oxygen atoms in total. The summed E-state index contributed by atoms with van der Waals surface area (Å²) in [4.78, 5) is 1.15. The average Bonchev–Trinajstić information content (AvgIpc) is 2.03. The first kappa shape index (κ1) is 7.80. The molecule has 2 rings (SSSR count). The first-order chi connectivity index (χ1) is 5.75. The van der Waals surface area contributed by atoms with Crippen LogP contribution < -0.4 is 5.32 Å². The molecule has 0 bridgehead atoms. The second-order valence-corrected chi connectivity index (χ2v) is 4.47. The van der Waals surface area contributed by atoms with Gasteiger partial charge in [0, 0.05) is 22.4 Å². The van der Waals surface area contributed by atoms with Crippen molar-refractivity contribution in [2.45, 2.75) is 17.1 Å². The van der Waals surface area contributed by atoms with E-state index in [0.717, 1.165) is 17.1 Å². The van der Waals surface area contributed by atoms with Crippen LogP contribution in [0.15, 0.2) is 23.1 Å². The largest absolute Gasteiger partial charge is 0.508 e. The molecular formula is C9H11NOS. The maximum atomic E-state index is 9.23. The van der Waals surface area contributed by atoms with Gasteiger partial charge in [-0.2, -0.15) is 0 Å². The Bertz CT molecular complexity index is 301. The third-order valence-corrected chi connectivity index (χ3v) is 3.03. The number of fused-ring (bicyclic) bond motifs is 1. The van der Waals surface area contributed by atoms with Gasteiger partial charge in [0.15, 0.2) is 0 Å². The molecule has 0 aliphatic carbocycles. The van der Waals surface area contributed by atoms with E-state index in [1.165, 1.54) is 0 Å². The molecule has 12 heavy (non-hydrogen) atoms. The minimum Gasteiger partial charge on any atom is -0.508 e. The molecule has 0 saturated carbocycles. The molecule has 0 amide bonds. The van der Waals surface area contributed by atoms with Crippen molar-refractivity contribution in [2.75, 3.05) is 11.9 Å². The number of aromatic hydroxyl groups is 1. The van der Waals surface area contributed by atoms with Crippen molar-refractivity contribution in [3.63, 3.8) is 0 Å². The van der Waals surface area contributed by atoms with Crippen LogP contribution in [0.3, 0.4) is 0 Å². The van der Waals surface area contributed by atoms with Crippen LogP contribution >= 0.6 is 11.8 Å². The van der Waals surface area contributed by atoms with Crippen molar-refractivity contribution in [2.24, 2.45) is 0 Å². The first-order valence-electron chi connectivity index (χ1n) is 3.99. The molecule has 0 spiro atoms. The topological polar surface area (TPSA) is 32.3 Å². The van der Waals surface area contributed by atoms with Gasteiger partial charge >= 0.3 is 0 Å². The van der Waals surface area contributed by atoms with E-state index in [-0.39, 0.29) is 0 Å². The van der Waals surface area contributed by atoms with E-state index in [1.807, 2.05) is 12.1 Å². The lowest BCUT2D eigenvalue weighted by molar-refractivity contribution is 0.474. The highest BCUT2D eigenvalue weighted by atomic mass is 32.2. The summed E-state index contributed by atoms with van der Waals surface area (Å²) in [5.74, 6) is 0.345.